The Bertz CT molecular complexity index is 1080. The van der Waals surface area contributed by atoms with Crippen LogP contribution in [0.1, 0.15) is 10.9 Å². The summed E-state index contributed by atoms with van der Waals surface area (Å²) in [4.78, 5) is 10.6. The van der Waals surface area contributed by atoms with Crippen LogP contribution in [0.15, 0.2) is 71.9 Å². The summed E-state index contributed by atoms with van der Waals surface area (Å²) in [5.41, 5.74) is 1.48. The van der Waals surface area contributed by atoms with Crippen LogP contribution in [0.3, 0.4) is 0 Å². The van der Waals surface area contributed by atoms with E-state index < -0.39 is 20.3 Å². The summed E-state index contributed by atoms with van der Waals surface area (Å²) in [6.07, 6.45) is 3.44. The number of hydrogen-bond acceptors (Lipinski definition) is 6. The van der Waals surface area contributed by atoms with Crippen LogP contribution in [0, 0.1) is 10.1 Å². The molecule has 0 amide bonds. The van der Waals surface area contributed by atoms with Gasteiger partial charge in [-0.15, -0.1) is 11.8 Å². The van der Waals surface area contributed by atoms with Crippen LogP contribution in [-0.4, -0.2) is 39.7 Å². The molecular formula is C18H16N4O4S2. The molecule has 1 atom stereocenters. The molecular weight excluding hydrogens is 400 g/mol. The smallest absolute Gasteiger partial charge is 0.258 e. The summed E-state index contributed by atoms with van der Waals surface area (Å²) in [5.74, 6) is 0.659. The number of benzene rings is 2. The lowest BCUT2D eigenvalue weighted by atomic mass is 10.2. The van der Waals surface area contributed by atoms with Gasteiger partial charge in [-0.25, -0.2) is 13.1 Å². The van der Waals surface area contributed by atoms with Gasteiger partial charge < -0.3 is 0 Å². The van der Waals surface area contributed by atoms with Crippen LogP contribution < -0.4 is 0 Å². The van der Waals surface area contributed by atoms with E-state index >= 15 is 0 Å². The highest BCUT2D eigenvalue weighted by molar-refractivity contribution is 8.01. The Morgan fingerprint density at radius 3 is 2.43 bits per heavy atom. The standard InChI is InChI=1S/C18H16N4O4S2/c23-22(24)16-4-2-14(3-5-16)18-21(12-13-27-18)28(25,26)17-8-6-15(7-9-17)20-11-1-10-19-20/h1-11,18H,12-13H2. The molecule has 144 valence electrons. The Balaban J connectivity index is 1.61. The molecule has 28 heavy (non-hydrogen) atoms. The molecule has 0 saturated carbocycles. The monoisotopic (exact) mass is 416 g/mol. The first-order chi connectivity index (χ1) is 13.5. The quantitative estimate of drug-likeness (QED) is 0.468. The average molecular weight is 416 g/mol. The van der Waals surface area contributed by atoms with E-state index in [9.17, 15) is 18.5 Å². The summed E-state index contributed by atoms with van der Waals surface area (Å²) < 4.78 is 29.4. The summed E-state index contributed by atoms with van der Waals surface area (Å²) in [6, 6.07) is 14.4. The predicted molar refractivity (Wildman–Crippen MR) is 106 cm³/mol. The maximum Gasteiger partial charge on any atom is 0.269 e. The first-order valence-corrected chi connectivity index (χ1v) is 10.9. The van der Waals surface area contributed by atoms with E-state index in [4.69, 9.17) is 0 Å². The fourth-order valence-corrected chi connectivity index (χ4v) is 6.29. The molecule has 2 heterocycles. The fourth-order valence-electron chi connectivity index (χ4n) is 3.05. The number of nitro benzene ring substituents is 1. The van der Waals surface area contributed by atoms with Crippen molar-refractivity contribution >= 4 is 27.5 Å². The van der Waals surface area contributed by atoms with E-state index in [2.05, 4.69) is 5.10 Å². The third-order valence-electron chi connectivity index (χ3n) is 4.45. The Morgan fingerprint density at radius 2 is 1.82 bits per heavy atom. The molecule has 0 spiro atoms. The molecule has 1 unspecified atom stereocenters. The Morgan fingerprint density at radius 1 is 1.11 bits per heavy atom. The number of nitro groups is 1. The molecule has 1 aliphatic heterocycles. The van der Waals surface area contributed by atoms with Gasteiger partial charge in [0, 0.05) is 36.8 Å². The van der Waals surface area contributed by atoms with E-state index in [0.29, 0.717) is 12.3 Å². The van der Waals surface area contributed by atoms with Gasteiger partial charge in [-0.2, -0.15) is 9.40 Å². The highest BCUT2D eigenvalue weighted by Crippen LogP contribution is 2.41. The van der Waals surface area contributed by atoms with Crippen LogP contribution in [0.2, 0.25) is 0 Å². The molecule has 1 saturated heterocycles. The fraction of sp³-hybridized carbons (Fsp3) is 0.167. The molecule has 0 aliphatic carbocycles. The Labute approximate surface area is 166 Å². The minimum Gasteiger partial charge on any atom is -0.258 e. The van der Waals surface area contributed by atoms with Crippen molar-refractivity contribution in [1.29, 1.82) is 0 Å². The molecule has 0 radical (unpaired) electrons. The van der Waals surface area contributed by atoms with Gasteiger partial charge in [-0.05, 0) is 48.0 Å². The van der Waals surface area contributed by atoms with Crippen LogP contribution in [-0.2, 0) is 10.0 Å². The van der Waals surface area contributed by atoms with Crippen LogP contribution in [0.4, 0.5) is 5.69 Å². The molecule has 0 N–H and O–H groups in total. The van der Waals surface area contributed by atoms with Gasteiger partial charge in [-0.1, -0.05) is 0 Å². The molecule has 1 aromatic heterocycles. The van der Waals surface area contributed by atoms with Crippen molar-refractivity contribution in [1.82, 2.24) is 14.1 Å². The zero-order valence-electron chi connectivity index (χ0n) is 14.6. The summed E-state index contributed by atoms with van der Waals surface area (Å²) in [5, 5.41) is 14.6. The Kier molecular flexibility index (Phi) is 4.92. The zero-order chi connectivity index (χ0) is 19.7. The number of rotatable bonds is 5. The minimum absolute atomic E-state index is 0.0182. The molecule has 0 bridgehead atoms. The van der Waals surface area contributed by atoms with Gasteiger partial charge in [-0.3, -0.25) is 10.1 Å². The predicted octanol–water partition coefficient (Wildman–Crippen LogP) is 3.22. The molecule has 8 nitrogen and oxygen atoms in total. The van der Waals surface area contributed by atoms with Crippen LogP contribution >= 0.6 is 11.8 Å². The van der Waals surface area contributed by atoms with Crippen molar-refractivity contribution in [3.63, 3.8) is 0 Å². The topological polar surface area (TPSA) is 98.3 Å². The van der Waals surface area contributed by atoms with Crippen LogP contribution in [0.25, 0.3) is 5.69 Å². The number of thioether (sulfide) groups is 1. The highest BCUT2D eigenvalue weighted by atomic mass is 32.2. The maximum atomic E-state index is 13.2. The molecule has 1 aliphatic rings. The SMILES string of the molecule is O=[N+]([O-])c1ccc(C2SCCN2S(=O)(=O)c2ccc(-n3cccn3)cc2)cc1. The van der Waals surface area contributed by atoms with Gasteiger partial charge >= 0.3 is 0 Å². The molecule has 4 rings (SSSR count). The van der Waals surface area contributed by atoms with Crippen LogP contribution in [0.5, 0.6) is 0 Å². The third kappa shape index (κ3) is 3.41. The molecule has 2 aromatic carbocycles. The normalized spacial score (nSPS) is 17.6. The van der Waals surface area contributed by atoms with Gasteiger partial charge in [0.25, 0.3) is 5.69 Å². The zero-order valence-corrected chi connectivity index (χ0v) is 16.2. The molecule has 10 heteroatoms. The number of aromatic nitrogens is 2. The highest BCUT2D eigenvalue weighted by Gasteiger charge is 2.37. The largest absolute Gasteiger partial charge is 0.269 e. The molecule has 1 fully saturated rings. The summed E-state index contributed by atoms with van der Waals surface area (Å²) in [7, 11) is -3.70. The maximum absolute atomic E-state index is 13.2. The molecule has 3 aromatic rings. The minimum atomic E-state index is -3.70. The van der Waals surface area contributed by atoms with E-state index in [0.717, 1.165) is 11.3 Å². The van der Waals surface area contributed by atoms with Crippen molar-refractivity contribution in [2.24, 2.45) is 0 Å². The van der Waals surface area contributed by atoms with Crippen molar-refractivity contribution in [3.8, 4) is 5.69 Å². The van der Waals surface area contributed by atoms with Gasteiger partial charge in [0.05, 0.1) is 20.9 Å². The lowest BCUT2D eigenvalue weighted by Gasteiger charge is -2.23. The van der Waals surface area contributed by atoms with Gasteiger partial charge in [0.1, 0.15) is 0 Å². The number of non-ortho nitro benzene ring substituents is 1. The van der Waals surface area contributed by atoms with Crippen molar-refractivity contribution in [2.75, 3.05) is 12.3 Å². The number of nitrogens with zero attached hydrogens (tertiary/aromatic N) is 4. The van der Waals surface area contributed by atoms with E-state index in [-0.39, 0.29) is 10.6 Å². The number of sulfonamides is 1. The van der Waals surface area contributed by atoms with Crippen molar-refractivity contribution in [2.45, 2.75) is 10.3 Å². The van der Waals surface area contributed by atoms with E-state index in [1.807, 2.05) is 0 Å². The average Bonchev–Trinajstić information content (AvgIpc) is 3.40. The second-order valence-electron chi connectivity index (χ2n) is 6.13. The lowest BCUT2D eigenvalue weighted by molar-refractivity contribution is -0.384. The summed E-state index contributed by atoms with van der Waals surface area (Å²) >= 11 is 1.50. The van der Waals surface area contributed by atoms with E-state index in [1.165, 1.54) is 28.2 Å². The summed E-state index contributed by atoms with van der Waals surface area (Å²) in [6.45, 7) is 0.384. The second-order valence-corrected chi connectivity index (χ2v) is 9.21. The first kappa shape index (κ1) is 18.7. The second kappa shape index (κ2) is 7.38. The van der Waals surface area contributed by atoms with Gasteiger partial charge in [0.15, 0.2) is 0 Å². The lowest BCUT2D eigenvalue weighted by Crippen LogP contribution is -2.30. The Hall–Kier alpha value is -2.69. The number of hydrogen-bond donors (Lipinski definition) is 0. The van der Waals surface area contributed by atoms with Gasteiger partial charge in [0.2, 0.25) is 10.0 Å². The van der Waals surface area contributed by atoms with E-state index in [1.54, 1.807) is 59.5 Å². The van der Waals surface area contributed by atoms with Crippen molar-refractivity contribution in [3.05, 3.63) is 82.7 Å². The van der Waals surface area contributed by atoms with Crippen molar-refractivity contribution < 1.29 is 13.3 Å². The third-order valence-corrected chi connectivity index (χ3v) is 7.72. The first-order valence-electron chi connectivity index (χ1n) is 8.45.